The molecule has 0 unspecified atom stereocenters. The van der Waals surface area contributed by atoms with Crippen molar-refractivity contribution in [2.75, 3.05) is 6.54 Å². The van der Waals surface area contributed by atoms with Crippen LogP contribution in [0, 0.1) is 0 Å². The minimum Gasteiger partial charge on any atom is -0.507 e. The van der Waals surface area contributed by atoms with E-state index in [1.165, 1.54) is 0 Å². The highest BCUT2D eigenvalue weighted by Crippen LogP contribution is 2.15. The maximum absolute atomic E-state index is 10.7. The van der Waals surface area contributed by atoms with Crippen molar-refractivity contribution >= 4 is 12.0 Å². The molecule has 1 aromatic carbocycles. The van der Waals surface area contributed by atoms with E-state index in [2.05, 4.69) is 13.2 Å². The lowest BCUT2D eigenvalue weighted by Crippen LogP contribution is -2.16. The molecule has 1 aromatic rings. The molecule has 0 bridgehead atoms. The van der Waals surface area contributed by atoms with E-state index in [0.29, 0.717) is 6.42 Å². The van der Waals surface area contributed by atoms with Crippen molar-refractivity contribution in [2.45, 2.75) is 12.8 Å². The molecular formula is C14H17NO2. The molecule has 1 N–H and O–H groups in total. The van der Waals surface area contributed by atoms with E-state index in [4.69, 9.17) is 5.11 Å². The topological polar surface area (TPSA) is 40.5 Å². The highest BCUT2D eigenvalue weighted by atomic mass is 16.3. The number of nitrogens with zero attached hydrogens (tertiary/aromatic N) is 1. The Morgan fingerprint density at radius 2 is 2.00 bits per heavy atom. The first-order valence-corrected chi connectivity index (χ1v) is 5.51. The van der Waals surface area contributed by atoms with Crippen molar-refractivity contribution in [2.24, 2.45) is 0 Å². The fourth-order valence-electron chi connectivity index (χ4n) is 1.52. The van der Waals surface area contributed by atoms with Gasteiger partial charge in [-0.2, -0.15) is 0 Å². The van der Waals surface area contributed by atoms with E-state index in [9.17, 15) is 4.79 Å². The van der Waals surface area contributed by atoms with Crippen LogP contribution in [-0.4, -0.2) is 22.5 Å². The molecule has 0 aromatic heterocycles. The third-order valence-electron chi connectivity index (χ3n) is 2.49. The fraction of sp³-hybridized carbons (Fsp3) is 0.214. The number of carbonyl (C=O) groups excluding carboxylic acids is 1. The van der Waals surface area contributed by atoms with Crippen LogP contribution >= 0.6 is 0 Å². The standard InChI is InChI=1S/C8H8O.C6H9NO/c1-2-7-5-3-4-6-8(7)9;1-2-7-5-3-4-6(7)8/h2-6,9H,1H2;2H,1,3-5H2. The number of phenols is 1. The summed E-state index contributed by atoms with van der Waals surface area (Å²) in [6.45, 7) is 7.89. The van der Waals surface area contributed by atoms with Gasteiger partial charge in [-0.05, 0) is 18.7 Å². The number of phenolic OH excluding ortho intramolecular Hbond substituents is 1. The van der Waals surface area contributed by atoms with Crippen LogP contribution in [-0.2, 0) is 4.79 Å². The van der Waals surface area contributed by atoms with Gasteiger partial charge in [0.1, 0.15) is 5.75 Å². The maximum atomic E-state index is 10.7. The molecule has 0 spiro atoms. The molecule has 2 rings (SSSR count). The van der Waals surface area contributed by atoms with Crippen LogP contribution < -0.4 is 0 Å². The third-order valence-corrected chi connectivity index (χ3v) is 2.49. The van der Waals surface area contributed by atoms with E-state index >= 15 is 0 Å². The molecule has 1 aliphatic rings. The molecule has 3 nitrogen and oxygen atoms in total. The number of carbonyl (C=O) groups is 1. The van der Waals surface area contributed by atoms with Crippen molar-refractivity contribution in [3.63, 3.8) is 0 Å². The van der Waals surface area contributed by atoms with Crippen molar-refractivity contribution < 1.29 is 9.90 Å². The van der Waals surface area contributed by atoms with Gasteiger partial charge in [0.2, 0.25) is 5.91 Å². The van der Waals surface area contributed by atoms with Gasteiger partial charge in [-0.15, -0.1) is 0 Å². The molecule has 0 saturated carbocycles. The van der Waals surface area contributed by atoms with Gasteiger partial charge in [0.25, 0.3) is 0 Å². The minimum atomic E-state index is 0.208. The number of hydrogen-bond acceptors (Lipinski definition) is 2. The van der Waals surface area contributed by atoms with E-state index in [1.807, 2.05) is 12.1 Å². The molecule has 1 heterocycles. The molecule has 0 aliphatic carbocycles. The number of aromatic hydroxyl groups is 1. The number of likely N-dealkylation sites (tertiary alicyclic amines) is 1. The molecule has 1 saturated heterocycles. The lowest BCUT2D eigenvalue weighted by Gasteiger charge is -2.05. The van der Waals surface area contributed by atoms with E-state index in [1.54, 1.807) is 29.3 Å². The molecular weight excluding hydrogens is 214 g/mol. The Morgan fingerprint density at radius 1 is 1.29 bits per heavy atom. The summed E-state index contributed by atoms with van der Waals surface area (Å²) in [6.07, 6.45) is 4.90. The van der Waals surface area contributed by atoms with Crippen molar-refractivity contribution in [1.82, 2.24) is 4.90 Å². The third kappa shape index (κ3) is 3.79. The van der Waals surface area contributed by atoms with Gasteiger partial charge in [-0.1, -0.05) is 37.4 Å². The summed E-state index contributed by atoms with van der Waals surface area (Å²) in [6, 6.07) is 7.08. The van der Waals surface area contributed by atoms with Crippen LogP contribution in [0.25, 0.3) is 6.08 Å². The fourth-order valence-corrected chi connectivity index (χ4v) is 1.52. The summed E-state index contributed by atoms with van der Waals surface area (Å²) in [5.41, 5.74) is 0.775. The van der Waals surface area contributed by atoms with Crippen molar-refractivity contribution in [1.29, 1.82) is 0 Å². The first kappa shape index (κ1) is 13.0. The number of para-hydroxylation sites is 1. The second-order valence-corrected chi connectivity index (χ2v) is 3.64. The molecule has 1 aliphatic heterocycles. The quantitative estimate of drug-likeness (QED) is 0.850. The molecule has 1 amide bonds. The van der Waals surface area contributed by atoms with E-state index < -0.39 is 0 Å². The van der Waals surface area contributed by atoms with Crippen molar-refractivity contribution in [3.8, 4) is 5.75 Å². The number of rotatable bonds is 2. The molecule has 90 valence electrons. The van der Waals surface area contributed by atoms with Crippen molar-refractivity contribution in [3.05, 3.63) is 49.2 Å². The Morgan fingerprint density at radius 3 is 2.35 bits per heavy atom. The van der Waals surface area contributed by atoms with Crippen LogP contribution in [0.2, 0.25) is 0 Å². The molecule has 0 radical (unpaired) electrons. The Bertz CT molecular complexity index is 412. The Hall–Kier alpha value is -2.03. The first-order valence-electron chi connectivity index (χ1n) is 5.51. The monoisotopic (exact) mass is 231 g/mol. The van der Waals surface area contributed by atoms with Gasteiger partial charge >= 0.3 is 0 Å². The highest BCUT2D eigenvalue weighted by Gasteiger charge is 2.15. The maximum Gasteiger partial charge on any atom is 0.226 e. The minimum absolute atomic E-state index is 0.208. The molecule has 17 heavy (non-hydrogen) atoms. The average Bonchev–Trinajstić information content (AvgIpc) is 2.76. The molecule has 3 heteroatoms. The van der Waals surface area contributed by atoms with Gasteiger partial charge in [0.05, 0.1) is 0 Å². The Labute approximate surface area is 102 Å². The smallest absolute Gasteiger partial charge is 0.226 e. The summed E-state index contributed by atoms with van der Waals surface area (Å²) < 4.78 is 0. The number of amides is 1. The van der Waals surface area contributed by atoms with Gasteiger partial charge in [-0.3, -0.25) is 4.79 Å². The van der Waals surface area contributed by atoms with Crippen LogP contribution in [0.5, 0.6) is 5.75 Å². The van der Waals surface area contributed by atoms with Crippen LogP contribution in [0.3, 0.4) is 0 Å². The highest BCUT2D eigenvalue weighted by molar-refractivity contribution is 5.78. The van der Waals surface area contributed by atoms with Gasteiger partial charge < -0.3 is 10.0 Å². The summed E-state index contributed by atoms with van der Waals surface area (Å²) >= 11 is 0. The van der Waals surface area contributed by atoms with Gasteiger partial charge in [0, 0.05) is 18.5 Å². The summed E-state index contributed by atoms with van der Waals surface area (Å²) in [5, 5.41) is 9.04. The Balaban J connectivity index is 0.000000171. The molecule has 1 fully saturated rings. The zero-order valence-electron chi connectivity index (χ0n) is 9.80. The number of benzene rings is 1. The van der Waals surface area contributed by atoms with Gasteiger partial charge in [-0.25, -0.2) is 0 Å². The Kier molecular flexibility index (Phi) is 5.01. The van der Waals surface area contributed by atoms with E-state index in [0.717, 1.165) is 18.5 Å². The largest absolute Gasteiger partial charge is 0.507 e. The zero-order chi connectivity index (χ0) is 12.7. The second kappa shape index (κ2) is 6.53. The normalized spacial score (nSPS) is 13.9. The predicted molar refractivity (Wildman–Crippen MR) is 69.3 cm³/mol. The lowest BCUT2D eigenvalue weighted by molar-refractivity contribution is -0.125. The summed E-state index contributed by atoms with van der Waals surface area (Å²) in [5.74, 6) is 0.493. The zero-order valence-corrected chi connectivity index (χ0v) is 9.80. The predicted octanol–water partition coefficient (Wildman–Crippen LogP) is 2.79. The first-order chi connectivity index (χ1) is 8.19. The number of hydrogen-bond donors (Lipinski definition) is 1. The molecule has 0 atom stereocenters. The summed E-state index contributed by atoms with van der Waals surface area (Å²) in [7, 11) is 0. The SMILES string of the molecule is C=CN1CCCC1=O.C=Cc1ccccc1O. The second-order valence-electron chi connectivity index (χ2n) is 3.64. The average molecular weight is 231 g/mol. The van der Waals surface area contributed by atoms with Gasteiger partial charge in [0.15, 0.2) is 0 Å². The van der Waals surface area contributed by atoms with Crippen LogP contribution in [0.15, 0.2) is 43.6 Å². The summed E-state index contributed by atoms with van der Waals surface area (Å²) in [4.78, 5) is 12.3. The lowest BCUT2D eigenvalue weighted by atomic mass is 10.2. The van der Waals surface area contributed by atoms with Crippen LogP contribution in [0.4, 0.5) is 0 Å². The van der Waals surface area contributed by atoms with E-state index in [-0.39, 0.29) is 11.7 Å². The van der Waals surface area contributed by atoms with Crippen LogP contribution in [0.1, 0.15) is 18.4 Å².